The minimum absolute atomic E-state index is 0. The predicted octanol–water partition coefficient (Wildman–Crippen LogP) is 2.28. The molecule has 0 spiro atoms. The van der Waals surface area contributed by atoms with E-state index in [-0.39, 0.29) is 10.9 Å². The van der Waals surface area contributed by atoms with Gasteiger partial charge >= 0.3 is 0 Å². The van der Waals surface area contributed by atoms with E-state index in [1.165, 1.54) is 0 Å². The van der Waals surface area contributed by atoms with Crippen LogP contribution in [0.25, 0.3) is 0 Å². The van der Waals surface area contributed by atoms with E-state index in [0.29, 0.717) is 6.61 Å². The van der Waals surface area contributed by atoms with Crippen LogP contribution in [0.2, 0.25) is 0 Å². The second kappa shape index (κ2) is 4.49. The van der Waals surface area contributed by atoms with E-state index in [2.05, 4.69) is 0 Å². The Morgan fingerprint density at radius 2 is 1.93 bits per heavy atom. The molecule has 2 N–H and O–H groups in total. The van der Waals surface area contributed by atoms with Crippen molar-refractivity contribution >= 4 is 23.2 Å². The van der Waals surface area contributed by atoms with Crippen LogP contribution in [0.4, 0.5) is 0 Å². The van der Waals surface area contributed by atoms with Gasteiger partial charge in [-0.15, -0.1) is 11.6 Å². The molecule has 1 aromatic carbocycles. The van der Waals surface area contributed by atoms with E-state index in [1.807, 2.05) is 30.3 Å². The van der Waals surface area contributed by atoms with Crippen LogP contribution >= 0.6 is 23.2 Å². The minimum Gasteiger partial charge on any atom is -0.412 e. The van der Waals surface area contributed by atoms with Gasteiger partial charge in [-0.3, -0.25) is 0 Å². The Kier molecular flexibility index (Phi) is 3.78. The third-order valence-electron chi connectivity index (χ3n) is 2.25. The fraction of sp³-hybridized carbons (Fsp3) is 0.400. The quantitative estimate of drug-likeness (QED) is 0.688. The average molecular weight is 235 g/mol. The van der Waals surface area contributed by atoms with Crippen molar-refractivity contribution in [1.29, 1.82) is 0 Å². The van der Waals surface area contributed by atoms with E-state index < -0.39 is 5.06 Å². The molecular weight excluding hydrogens is 223 g/mol. The Labute approximate surface area is 93.1 Å². The number of rotatable bonds is 1. The van der Waals surface area contributed by atoms with Gasteiger partial charge in [0.1, 0.15) is 0 Å². The summed E-state index contributed by atoms with van der Waals surface area (Å²) in [6, 6.07) is 9.69. The van der Waals surface area contributed by atoms with E-state index in [0.717, 1.165) is 12.0 Å². The number of alkyl halides is 2. The van der Waals surface area contributed by atoms with Gasteiger partial charge < -0.3 is 10.2 Å². The highest BCUT2D eigenvalue weighted by Gasteiger charge is 2.43. The van der Waals surface area contributed by atoms with Crippen LogP contribution in [0.3, 0.4) is 0 Å². The van der Waals surface area contributed by atoms with Crippen molar-refractivity contribution in [3.63, 3.8) is 0 Å². The maximum Gasteiger partial charge on any atom is 0.183 e. The van der Waals surface area contributed by atoms with Crippen molar-refractivity contribution in [2.75, 3.05) is 6.61 Å². The van der Waals surface area contributed by atoms with Crippen LogP contribution < -0.4 is 0 Å². The van der Waals surface area contributed by atoms with Gasteiger partial charge in [-0.2, -0.15) is 0 Å². The lowest BCUT2D eigenvalue weighted by Crippen LogP contribution is -2.25. The largest absolute Gasteiger partial charge is 0.412 e. The smallest absolute Gasteiger partial charge is 0.183 e. The normalized spacial score (nSPS) is 31.1. The molecule has 14 heavy (non-hydrogen) atoms. The molecule has 0 bridgehead atoms. The molecular formula is C10H12Cl2O2. The Morgan fingerprint density at radius 3 is 2.43 bits per heavy atom. The third-order valence-corrected chi connectivity index (χ3v) is 3.48. The number of ether oxygens (including phenoxy) is 1. The summed E-state index contributed by atoms with van der Waals surface area (Å²) in [7, 11) is 0. The Balaban J connectivity index is 0.000000980. The lowest BCUT2D eigenvalue weighted by atomic mass is 10.1. The van der Waals surface area contributed by atoms with Crippen LogP contribution in [0.15, 0.2) is 30.3 Å². The molecule has 0 aromatic heterocycles. The van der Waals surface area contributed by atoms with Gasteiger partial charge in [-0.25, -0.2) is 0 Å². The Hall–Kier alpha value is -0.280. The molecule has 0 radical (unpaired) electrons. The lowest BCUT2D eigenvalue weighted by Gasteiger charge is -2.24. The van der Waals surface area contributed by atoms with E-state index in [1.54, 1.807) is 0 Å². The van der Waals surface area contributed by atoms with Gasteiger partial charge in [0.15, 0.2) is 5.06 Å². The van der Waals surface area contributed by atoms with Gasteiger partial charge in [0, 0.05) is 5.56 Å². The van der Waals surface area contributed by atoms with Crippen molar-refractivity contribution in [3.05, 3.63) is 35.9 Å². The lowest BCUT2D eigenvalue weighted by molar-refractivity contribution is 0.0751. The van der Waals surface area contributed by atoms with E-state index in [9.17, 15) is 0 Å². The SMILES string of the molecule is ClC1CCOC1(Cl)c1ccccc1.O. The number of hydrogen-bond acceptors (Lipinski definition) is 1. The molecule has 2 nitrogen and oxygen atoms in total. The van der Waals surface area contributed by atoms with Gasteiger partial charge in [0.2, 0.25) is 0 Å². The summed E-state index contributed by atoms with van der Waals surface area (Å²) < 4.78 is 5.47. The van der Waals surface area contributed by atoms with E-state index >= 15 is 0 Å². The summed E-state index contributed by atoms with van der Waals surface area (Å²) in [5.74, 6) is 0. The number of benzene rings is 1. The summed E-state index contributed by atoms with van der Waals surface area (Å²) in [4.78, 5) is 0. The second-order valence-electron chi connectivity index (χ2n) is 3.12. The summed E-state index contributed by atoms with van der Waals surface area (Å²) in [6.07, 6.45) is 0.806. The molecule has 2 rings (SSSR count). The van der Waals surface area contributed by atoms with E-state index in [4.69, 9.17) is 27.9 Å². The molecule has 0 aliphatic carbocycles. The average Bonchev–Trinajstić information content (AvgIpc) is 2.50. The van der Waals surface area contributed by atoms with Gasteiger partial charge in [0.05, 0.1) is 12.0 Å². The fourth-order valence-electron chi connectivity index (χ4n) is 1.52. The topological polar surface area (TPSA) is 40.7 Å². The molecule has 78 valence electrons. The zero-order valence-electron chi connectivity index (χ0n) is 7.54. The molecule has 2 unspecified atom stereocenters. The maximum atomic E-state index is 6.29. The standard InChI is InChI=1S/C10H10Cl2O.H2O/c11-9-6-7-13-10(9,12)8-4-2-1-3-5-8;/h1-5,9H,6-7H2;1H2. The van der Waals surface area contributed by atoms with Crippen LogP contribution in [-0.2, 0) is 9.80 Å². The highest BCUT2D eigenvalue weighted by atomic mass is 35.5. The molecule has 2 atom stereocenters. The number of halogens is 2. The van der Waals surface area contributed by atoms with Gasteiger partial charge in [-0.05, 0) is 6.42 Å². The molecule has 1 saturated heterocycles. The summed E-state index contributed by atoms with van der Waals surface area (Å²) in [5, 5.41) is -0.959. The van der Waals surface area contributed by atoms with Crippen LogP contribution in [0, 0.1) is 0 Å². The molecule has 1 fully saturated rings. The highest BCUT2D eigenvalue weighted by molar-refractivity contribution is 6.32. The monoisotopic (exact) mass is 234 g/mol. The summed E-state index contributed by atoms with van der Waals surface area (Å²) in [5.41, 5.74) is 0.939. The van der Waals surface area contributed by atoms with Crippen LogP contribution in [0.5, 0.6) is 0 Å². The second-order valence-corrected chi connectivity index (χ2v) is 4.20. The first-order valence-electron chi connectivity index (χ1n) is 4.26. The Bertz CT molecular complexity index is 291. The van der Waals surface area contributed by atoms with Crippen molar-refractivity contribution in [3.8, 4) is 0 Å². The molecule has 1 heterocycles. The van der Waals surface area contributed by atoms with Gasteiger partial charge in [0.25, 0.3) is 0 Å². The minimum atomic E-state index is -0.817. The molecule has 1 aliphatic rings. The first-order chi connectivity index (χ1) is 6.23. The van der Waals surface area contributed by atoms with Gasteiger partial charge in [-0.1, -0.05) is 41.9 Å². The van der Waals surface area contributed by atoms with Crippen LogP contribution in [0.1, 0.15) is 12.0 Å². The molecule has 4 heteroatoms. The zero-order valence-corrected chi connectivity index (χ0v) is 9.05. The first-order valence-corrected chi connectivity index (χ1v) is 5.07. The first kappa shape index (κ1) is 11.8. The molecule has 0 amide bonds. The molecule has 1 aromatic rings. The maximum absolute atomic E-state index is 6.29. The molecule has 1 aliphatic heterocycles. The summed E-state index contributed by atoms with van der Waals surface area (Å²) >= 11 is 12.4. The van der Waals surface area contributed by atoms with Crippen molar-refractivity contribution in [2.45, 2.75) is 16.9 Å². The van der Waals surface area contributed by atoms with Crippen molar-refractivity contribution in [1.82, 2.24) is 0 Å². The van der Waals surface area contributed by atoms with Crippen molar-refractivity contribution in [2.24, 2.45) is 0 Å². The third kappa shape index (κ3) is 1.89. The highest BCUT2D eigenvalue weighted by Crippen LogP contribution is 2.43. The molecule has 0 saturated carbocycles. The zero-order chi connectivity index (χ0) is 9.31. The Morgan fingerprint density at radius 1 is 1.29 bits per heavy atom. The fourth-order valence-corrected chi connectivity index (χ4v) is 2.11. The van der Waals surface area contributed by atoms with Crippen molar-refractivity contribution < 1.29 is 10.2 Å². The summed E-state index contributed by atoms with van der Waals surface area (Å²) in [6.45, 7) is 0.632. The van der Waals surface area contributed by atoms with Crippen LogP contribution in [-0.4, -0.2) is 17.5 Å². The predicted molar refractivity (Wildman–Crippen MR) is 57.8 cm³/mol. The number of hydrogen-bond donors (Lipinski definition) is 0.